The van der Waals surface area contributed by atoms with E-state index >= 15 is 0 Å². The van der Waals surface area contributed by atoms with E-state index in [1.54, 1.807) is 6.07 Å². The molecule has 0 amide bonds. The third-order valence-electron chi connectivity index (χ3n) is 2.33. The number of benzene rings is 1. The highest BCUT2D eigenvalue weighted by atomic mass is 79.9. The number of phenolic OH excluding ortho intramolecular Hbond substituents is 1. The van der Waals surface area contributed by atoms with Crippen LogP contribution in [-0.2, 0) is 6.42 Å². The van der Waals surface area contributed by atoms with Gasteiger partial charge in [0.05, 0.1) is 4.47 Å². The summed E-state index contributed by atoms with van der Waals surface area (Å²) < 4.78 is 0.752. The standard InChI is InChI=1S/C11H16BrNO/c1-11(2,13-3)7-8-4-5-10(14)9(12)6-8/h4-6,13-14H,7H2,1-3H3. The fourth-order valence-electron chi connectivity index (χ4n) is 1.26. The normalized spacial score (nSPS) is 11.7. The van der Waals surface area contributed by atoms with Gasteiger partial charge in [0.1, 0.15) is 5.75 Å². The molecule has 0 aromatic heterocycles. The molecule has 0 spiro atoms. The maximum atomic E-state index is 9.34. The lowest BCUT2D eigenvalue weighted by Gasteiger charge is -2.24. The van der Waals surface area contributed by atoms with Crippen LogP contribution >= 0.6 is 15.9 Å². The van der Waals surface area contributed by atoms with Crippen molar-refractivity contribution in [2.45, 2.75) is 25.8 Å². The van der Waals surface area contributed by atoms with Gasteiger partial charge >= 0.3 is 0 Å². The van der Waals surface area contributed by atoms with Gasteiger partial charge in [-0.2, -0.15) is 0 Å². The highest BCUT2D eigenvalue weighted by molar-refractivity contribution is 9.10. The van der Waals surface area contributed by atoms with Crippen LogP contribution in [0.5, 0.6) is 5.75 Å². The van der Waals surface area contributed by atoms with Crippen molar-refractivity contribution in [2.75, 3.05) is 7.05 Å². The van der Waals surface area contributed by atoms with Crippen LogP contribution in [0.1, 0.15) is 19.4 Å². The van der Waals surface area contributed by atoms with Gasteiger partial charge < -0.3 is 10.4 Å². The Morgan fingerprint density at radius 2 is 2.07 bits per heavy atom. The van der Waals surface area contributed by atoms with E-state index in [2.05, 4.69) is 35.1 Å². The molecule has 0 fully saturated rings. The molecule has 0 aliphatic rings. The number of halogens is 1. The number of rotatable bonds is 3. The number of hydrogen-bond acceptors (Lipinski definition) is 2. The highest BCUT2D eigenvalue weighted by Gasteiger charge is 2.15. The van der Waals surface area contributed by atoms with Crippen LogP contribution < -0.4 is 5.32 Å². The van der Waals surface area contributed by atoms with Crippen molar-refractivity contribution in [3.8, 4) is 5.75 Å². The van der Waals surface area contributed by atoms with Crippen LogP contribution in [0, 0.1) is 0 Å². The summed E-state index contributed by atoms with van der Waals surface area (Å²) in [5, 5.41) is 12.6. The summed E-state index contributed by atoms with van der Waals surface area (Å²) in [6, 6.07) is 5.61. The lowest BCUT2D eigenvalue weighted by atomic mass is 9.95. The van der Waals surface area contributed by atoms with Gasteiger partial charge in [-0.05, 0) is 60.9 Å². The maximum Gasteiger partial charge on any atom is 0.129 e. The first kappa shape index (κ1) is 11.5. The molecule has 78 valence electrons. The smallest absolute Gasteiger partial charge is 0.129 e. The molecular formula is C11H16BrNO. The topological polar surface area (TPSA) is 32.3 Å². The summed E-state index contributed by atoms with van der Waals surface area (Å²) in [6.45, 7) is 4.29. The predicted molar refractivity (Wildman–Crippen MR) is 62.6 cm³/mol. The molecule has 1 rings (SSSR count). The molecule has 0 bridgehead atoms. The Morgan fingerprint density at radius 3 is 2.57 bits per heavy atom. The van der Waals surface area contributed by atoms with Crippen LogP contribution in [0.4, 0.5) is 0 Å². The quantitative estimate of drug-likeness (QED) is 0.873. The predicted octanol–water partition coefficient (Wildman–Crippen LogP) is 2.70. The number of phenols is 1. The summed E-state index contributed by atoms with van der Waals surface area (Å²) in [6.07, 6.45) is 0.933. The fourth-order valence-corrected chi connectivity index (χ4v) is 1.69. The second kappa shape index (κ2) is 4.32. The first-order valence-corrected chi connectivity index (χ1v) is 5.40. The van der Waals surface area contributed by atoms with E-state index in [1.807, 2.05) is 19.2 Å². The molecule has 0 saturated heterocycles. The zero-order valence-electron chi connectivity index (χ0n) is 8.76. The monoisotopic (exact) mass is 257 g/mol. The van der Waals surface area contributed by atoms with Crippen molar-refractivity contribution >= 4 is 15.9 Å². The molecule has 2 nitrogen and oxygen atoms in total. The fraction of sp³-hybridized carbons (Fsp3) is 0.455. The van der Waals surface area contributed by atoms with E-state index in [1.165, 1.54) is 5.56 Å². The Balaban J connectivity index is 2.83. The molecule has 1 aromatic rings. The number of likely N-dealkylation sites (N-methyl/N-ethyl adjacent to an activating group) is 1. The van der Waals surface area contributed by atoms with E-state index < -0.39 is 0 Å². The zero-order valence-corrected chi connectivity index (χ0v) is 10.4. The molecule has 0 aliphatic heterocycles. The molecule has 14 heavy (non-hydrogen) atoms. The Bertz CT molecular complexity index is 323. The highest BCUT2D eigenvalue weighted by Crippen LogP contribution is 2.25. The van der Waals surface area contributed by atoms with Gasteiger partial charge in [-0.3, -0.25) is 0 Å². The molecule has 1 aromatic carbocycles. The van der Waals surface area contributed by atoms with Crippen molar-refractivity contribution in [2.24, 2.45) is 0 Å². The molecule has 3 heteroatoms. The molecule has 0 atom stereocenters. The number of nitrogens with one attached hydrogen (secondary N) is 1. The third-order valence-corrected chi connectivity index (χ3v) is 2.97. The minimum atomic E-state index is 0.0798. The Morgan fingerprint density at radius 1 is 1.43 bits per heavy atom. The van der Waals surface area contributed by atoms with Crippen molar-refractivity contribution < 1.29 is 5.11 Å². The minimum Gasteiger partial charge on any atom is -0.507 e. The summed E-state index contributed by atoms with van der Waals surface area (Å²) in [7, 11) is 1.95. The van der Waals surface area contributed by atoms with Crippen LogP contribution in [-0.4, -0.2) is 17.7 Å². The average molecular weight is 258 g/mol. The van der Waals surface area contributed by atoms with E-state index in [4.69, 9.17) is 0 Å². The molecule has 0 unspecified atom stereocenters. The summed E-state index contributed by atoms with van der Waals surface area (Å²) in [5.74, 6) is 0.288. The van der Waals surface area contributed by atoms with Crippen molar-refractivity contribution in [3.63, 3.8) is 0 Å². The van der Waals surface area contributed by atoms with Gasteiger partial charge in [0, 0.05) is 5.54 Å². The SMILES string of the molecule is CNC(C)(C)Cc1ccc(O)c(Br)c1. The van der Waals surface area contributed by atoms with Crippen LogP contribution in [0.15, 0.2) is 22.7 Å². The van der Waals surface area contributed by atoms with E-state index in [0.29, 0.717) is 0 Å². The second-order valence-corrected chi connectivity index (χ2v) is 4.95. The van der Waals surface area contributed by atoms with Crippen molar-refractivity contribution in [1.29, 1.82) is 0 Å². The van der Waals surface area contributed by atoms with Gasteiger partial charge in [-0.25, -0.2) is 0 Å². The first-order valence-electron chi connectivity index (χ1n) is 4.61. The van der Waals surface area contributed by atoms with Crippen molar-refractivity contribution in [1.82, 2.24) is 5.32 Å². The van der Waals surface area contributed by atoms with Gasteiger partial charge in [0.25, 0.3) is 0 Å². The molecular weight excluding hydrogens is 242 g/mol. The number of hydrogen-bond donors (Lipinski definition) is 2. The zero-order chi connectivity index (χ0) is 10.8. The lowest BCUT2D eigenvalue weighted by molar-refractivity contribution is 0.421. The Kier molecular flexibility index (Phi) is 3.56. The summed E-state index contributed by atoms with van der Waals surface area (Å²) in [5.41, 5.74) is 1.28. The molecule has 0 aliphatic carbocycles. The van der Waals surface area contributed by atoms with E-state index in [0.717, 1.165) is 10.9 Å². The third kappa shape index (κ3) is 3.00. The first-order chi connectivity index (χ1) is 6.44. The molecule has 0 saturated carbocycles. The van der Waals surface area contributed by atoms with Gasteiger partial charge in [0.15, 0.2) is 0 Å². The van der Waals surface area contributed by atoms with Crippen LogP contribution in [0.2, 0.25) is 0 Å². The average Bonchev–Trinajstić information content (AvgIpc) is 2.11. The molecule has 0 heterocycles. The minimum absolute atomic E-state index is 0.0798. The van der Waals surface area contributed by atoms with Crippen LogP contribution in [0.25, 0.3) is 0 Å². The largest absolute Gasteiger partial charge is 0.507 e. The Labute approximate surface area is 93.5 Å². The summed E-state index contributed by atoms with van der Waals surface area (Å²) in [4.78, 5) is 0. The van der Waals surface area contributed by atoms with Gasteiger partial charge in [-0.15, -0.1) is 0 Å². The van der Waals surface area contributed by atoms with E-state index in [9.17, 15) is 5.11 Å². The van der Waals surface area contributed by atoms with Gasteiger partial charge in [-0.1, -0.05) is 6.07 Å². The molecule has 0 radical (unpaired) electrons. The molecule has 2 N–H and O–H groups in total. The Hall–Kier alpha value is -0.540. The van der Waals surface area contributed by atoms with Crippen LogP contribution in [0.3, 0.4) is 0 Å². The van der Waals surface area contributed by atoms with Gasteiger partial charge in [0.2, 0.25) is 0 Å². The van der Waals surface area contributed by atoms with Crippen molar-refractivity contribution in [3.05, 3.63) is 28.2 Å². The lowest BCUT2D eigenvalue weighted by Crippen LogP contribution is -2.38. The second-order valence-electron chi connectivity index (χ2n) is 4.10. The maximum absolute atomic E-state index is 9.34. The van der Waals surface area contributed by atoms with E-state index in [-0.39, 0.29) is 11.3 Å². The summed E-state index contributed by atoms with van der Waals surface area (Å²) >= 11 is 3.31. The number of aromatic hydroxyl groups is 1.